The largest absolute Gasteiger partial charge is 0.465 e. The molecular weight excluding hydrogens is 303 g/mol. The summed E-state index contributed by atoms with van der Waals surface area (Å²) in [4.78, 5) is 26.5. The third-order valence-electron chi connectivity index (χ3n) is 3.14. The van der Waals surface area contributed by atoms with Gasteiger partial charge in [-0.1, -0.05) is 6.07 Å². The number of anilines is 1. The molecule has 2 aromatic rings. The SMILES string of the molecule is COC(=O)c1ccc(-c2cc(NC(C)=O)ncc2CO)c(F)c1. The number of nitrogens with one attached hydrogen (secondary N) is 1. The Morgan fingerprint density at radius 3 is 2.61 bits per heavy atom. The van der Waals surface area contributed by atoms with E-state index in [9.17, 15) is 19.1 Å². The maximum atomic E-state index is 14.3. The summed E-state index contributed by atoms with van der Waals surface area (Å²) in [5, 5.41) is 11.9. The van der Waals surface area contributed by atoms with Crippen LogP contribution in [0, 0.1) is 5.82 Å². The van der Waals surface area contributed by atoms with Gasteiger partial charge in [0.2, 0.25) is 5.91 Å². The third-order valence-corrected chi connectivity index (χ3v) is 3.14. The zero-order chi connectivity index (χ0) is 17.0. The molecule has 0 fully saturated rings. The van der Waals surface area contributed by atoms with Crippen LogP contribution in [0.25, 0.3) is 11.1 Å². The number of hydrogen-bond donors (Lipinski definition) is 2. The zero-order valence-corrected chi connectivity index (χ0v) is 12.6. The molecule has 0 atom stereocenters. The van der Waals surface area contributed by atoms with Crippen LogP contribution in [0.1, 0.15) is 22.8 Å². The van der Waals surface area contributed by atoms with Crippen LogP contribution in [-0.4, -0.2) is 29.1 Å². The van der Waals surface area contributed by atoms with E-state index < -0.39 is 11.8 Å². The molecule has 0 aliphatic heterocycles. The monoisotopic (exact) mass is 318 g/mol. The van der Waals surface area contributed by atoms with Crippen molar-refractivity contribution >= 4 is 17.7 Å². The van der Waals surface area contributed by atoms with E-state index in [4.69, 9.17) is 0 Å². The lowest BCUT2D eigenvalue weighted by Gasteiger charge is -2.11. The molecule has 1 aromatic carbocycles. The summed E-state index contributed by atoms with van der Waals surface area (Å²) in [6, 6.07) is 5.35. The molecule has 0 unspecified atom stereocenters. The van der Waals surface area contributed by atoms with Gasteiger partial charge in [0, 0.05) is 24.2 Å². The summed E-state index contributed by atoms with van der Waals surface area (Å²) in [5.74, 6) is -1.38. The van der Waals surface area contributed by atoms with Crippen molar-refractivity contribution in [1.82, 2.24) is 4.98 Å². The van der Waals surface area contributed by atoms with E-state index in [1.54, 1.807) is 0 Å². The van der Waals surface area contributed by atoms with Crippen LogP contribution in [0.4, 0.5) is 10.2 Å². The molecule has 0 aliphatic rings. The Kier molecular flexibility index (Phi) is 5.02. The Bertz CT molecular complexity index is 762. The molecule has 0 saturated carbocycles. The van der Waals surface area contributed by atoms with Crippen LogP contribution in [-0.2, 0) is 16.1 Å². The maximum absolute atomic E-state index is 14.3. The molecule has 0 aliphatic carbocycles. The van der Waals surface area contributed by atoms with Gasteiger partial charge in [0.15, 0.2) is 0 Å². The van der Waals surface area contributed by atoms with Gasteiger partial charge in [0.1, 0.15) is 11.6 Å². The number of halogens is 1. The zero-order valence-electron chi connectivity index (χ0n) is 12.6. The van der Waals surface area contributed by atoms with E-state index in [2.05, 4.69) is 15.0 Å². The van der Waals surface area contributed by atoms with Gasteiger partial charge >= 0.3 is 5.97 Å². The molecule has 1 amide bonds. The van der Waals surface area contributed by atoms with E-state index in [0.717, 1.165) is 6.07 Å². The number of aliphatic hydroxyl groups excluding tert-OH is 1. The van der Waals surface area contributed by atoms with E-state index in [0.29, 0.717) is 11.1 Å². The second-order valence-electron chi connectivity index (χ2n) is 4.75. The summed E-state index contributed by atoms with van der Waals surface area (Å²) in [5.41, 5.74) is 1.02. The number of benzene rings is 1. The number of aromatic nitrogens is 1. The Labute approximate surface area is 131 Å². The summed E-state index contributed by atoms with van der Waals surface area (Å²) < 4.78 is 18.9. The first-order valence-electron chi connectivity index (χ1n) is 6.72. The fraction of sp³-hybridized carbons (Fsp3) is 0.188. The number of carbonyl (C=O) groups is 2. The van der Waals surface area contributed by atoms with E-state index in [1.807, 2.05) is 0 Å². The van der Waals surface area contributed by atoms with Crippen molar-refractivity contribution in [2.45, 2.75) is 13.5 Å². The van der Waals surface area contributed by atoms with Crippen LogP contribution in [0.15, 0.2) is 30.5 Å². The van der Waals surface area contributed by atoms with Crippen LogP contribution in [0.2, 0.25) is 0 Å². The molecule has 0 saturated heterocycles. The van der Waals surface area contributed by atoms with Crippen molar-refractivity contribution in [3.63, 3.8) is 0 Å². The smallest absolute Gasteiger partial charge is 0.337 e. The van der Waals surface area contributed by atoms with Crippen molar-refractivity contribution in [3.05, 3.63) is 47.4 Å². The molecule has 0 radical (unpaired) electrons. The number of pyridine rings is 1. The average molecular weight is 318 g/mol. The van der Waals surface area contributed by atoms with Gasteiger partial charge < -0.3 is 15.2 Å². The number of aliphatic hydroxyl groups is 1. The van der Waals surface area contributed by atoms with Gasteiger partial charge in [-0.05, 0) is 23.8 Å². The predicted octanol–water partition coefficient (Wildman–Crippen LogP) is 2.12. The number of rotatable bonds is 4. The second-order valence-corrected chi connectivity index (χ2v) is 4.75. The lowest BCUT2D eigenvalue weighted by atomic mass is 9.99. The minimum absolute atomic E-state index is 0.0791. The van der Waals surface area contributed by atoms with Crippen molar-refractivity contribution in [3.8, 4) is 11.1 Å². The molecule has 0 bridgehead atoms. The third kappa shape index (κ3) is 3.70. The quantitative estimate of drug-likeness (QED) is 0.843. The van der Waals surface area contributed by atoms with E-state index in [-0.39, 0.29) is 29.5 Å². The fourth-order valence-corrected chi connectivity index (χ4v) is 2.09. The first-order valence-corrected chi connectivity index (χ1v) is 6.72. The molecule has 2 rings (SSSR count). The highest BCUT2D eigenvalue weighted by atomic mass is 19.1. The molecule has 1 aromatic heterocycles. The average Bonchev–Trinajstić information content (AvgIpc) is 2.53. The lowest BCUT2D eigenvalue weighted by molar-refractivity contribution is -0.114. The Balaban J connectivity index is 2.51. The number of methoxy groups -OCH3 is 1. The number of hydrogen-bond acceptors (Lipinski definition) is 5. The molecule has 23 heavy (non-hydrogen) atoms. The van der Waals surface area contributed by atoms with Crippen LogP contribution < -0.4 is 5.32 Å². The van der Waals surface area contributed by atoms with Crippen molar-refractivity contribution in [1.29, 1.82) is 0 Å². The highest BCUT2D eigenvalue weighted by molar-refractivity contribution is 5.91. The Hall–Kier alpha value is -2.80. The first kappa shape index (κ1) is 16.6. The van der Waals surface area contributed by atoms with E-state index >= 15 is 0 Å². The standard InChI is InChI=1S/C16H15FN2O4/c1-9(21)19-15-6-13(11(8-20)7-18-15)12-4-3-10(5-14(12)17)16(22)23-2/h3-7,20H,8H2,1-2H3,(H,18,19,21). The molecule has 0 spiro atoms. The summed E-state index contributed by atoms with van der Waals surface area (Å²) in [7, 11) is 1.21. The molecule has 1 heterocycles. The summed E-state index contributed by atoms with van der Waals surface area (Å²) in [6.45, 7) is 0.980. The summed E-state index contributed by atoms with van der Waals surface area (Å²) in [6.07, 6.45) is 1.36. The second kappa shape index (κ2) is 6.97. The van der Waals surface area contributed by atoms with Crippen LogP contribution >= 0.6 is 0 Å². The number of amides is 1. The number of ether oxygens (including phenoxy) is 1. The van der Waals surface area contributed by atoms with Gasteiger partial charge in [-0.15, -0.1) is 0 Å². The van der Waals surface area contributed by atoms with Crippen molar-refractivity contribution in [2.75, 3.05) is 12.4 Å². The highest BCUT2D eigenvalue weighted by Crippen LogP contribution is 2.29. The number of esters is 1. The van der Waals surface area contributed by atoms with Crippen molar-refractivity contribution < 1.29 is 23.8 Å². The molecule has 6 nitrogen and oxygen atoms in total. The van der Waals surface area contributed by atoms with Gasteiger partial charge in [0.25, 0.3) is 0 Å². The van der Waals surface area contributed by atoms with E-state index in [1.165, 1.54) is 38.4 Å². The Morgan fingerprint density at radius 1 is 1.30 bits per heavy atom. The van der Waals surface area contributed by atoms with Crippen LogP contribution in [0.5, 0.6) is 0 Å². The van der Waals surface area contributed by atoms with Gasteiger partial charge in [-0.25, -0.2) is 14.2 Å². The van der Waals surface area contributed by atoms with Gasteiger partial charge in [-0.2, -0.15) is 0 Å². The van der Waals surface area contributed by atoms with Crippen molar-refractivity contribution in [2.24, 2.45) is 0 Å². The Morgan fingerprint density at radius 2 is 2.04 bits per heavy atom. The summed E-state index contributed by atoms with van der Waals surface area (Å²) >= 11 is 0. The fourth-order valence-electron chi connectivity index (χ4n) is 2.09. The molecule has 7 heteroatoms. The van der Waals surface area contributed by atoms with Gasteiger partial charge in [-0.3, -0.25) is 4.79 Å². The minimum atomic E-state index is -0.650. The highest BCUT2D eigenvalue weighted by Gasteiger charge is 2.15. The lowest BCUT2D eigenvalue weighted by Crippen LogP contribution is -2.08. The number of carbonyl (C=O) groups excluding carboxylic acids is 2. The number of nitrogens with zero attached hydrogens (tertiary/aromatic N) is 1. The minimum Gasteiger partial charge on any atom is -0.465 e. The normalized spacial score (nSPS) is 10.3. The first-order chi connectivity index (χ1) is 11.0. The molecule has 2 N–H and O–H groups in total. The van der Waals surface area contributed by atoms with Gasteiger partial charge in [0.05, 0.1) is 19.3 Å². The van der Waals surface area contributed by atoms with Crippen LogP contribution in [0.3, 0.4) is 0 Å². The molecular formula is C16H15FN2O4. The maximum Gasteiger partial charge on any atom is 0.337 e. The topological polar surface area (TPSA) is 88.5 Å². The molecule has 120 valence electrons. The predicted molar refractivity (Wildman–Crippen MR) is 81.2 cm³/mol.